The molecule has 1 N–H and O–H groups in total. The van der Waals surface area contributed by atoms with Crippen LogP contribution < -0.4 is 0 Å². The Labute approximate surface area is 68.2 Å². The van der Waals surface area contributed by atoms with Crippen LogP contribution in [0.1, 0.15) is 19.3 Å². The highest BCUT2D eigenvalue weighted by Crippen LogP contribution is 2.39. The van der Waals surface area contributed by atoms with Crippen molar-refractivity contribution in [3.63, 3.8) is 0 Å². The fraction of sp³-hybridized carbons (Fsp3) is 1.00. The molecule has 0 aromatic rings. The van der Waals surface area contributed by atoms with Crippen molar-refractivity contribution >= 4 is 0 Å². The predicted molar refractivity (Wildman–Crippen MR) is 44.3 cm³/mol. The zero-order chi connectivity index (χ0) is 7.84. The summed E-state index contributed by atoms with van der Waals surface area (Å²) in [5.41, 5.74) is 0. The van der Waals surface area contributed by atoms with Crippen LogP contribution in [-0.4, -0.2) is 36.2 Å². The van der Waals surface area contributed by atoms with Crippen LogP contribution in [0.25, 0.3) is 0 Å². The normalized spacial score (nSPS) is 36.3. The summed E-state index contributed by atoms with van der Waals surface area (Å²) in [5.74, 6) is 1.45. The molecule has 2 saturated carbocycles. The van der Waals surface area contributed by atoms with Crippen LogP contribution in [-0.2, 0) is 0 Å². The lowest BCUT2D eigenvalue weighted by Gasteiger charge is -2.14. The summed E-state index contributed by atoms with van der Waals surface area (Å²) in [5, 5.41) is 8.83. The van der Waals surface area contributed by atoms with Gasteiger partial charge < -0.3 is 10.0 Å². The number of rotatable bonds is 4. The Morgan fingerprint density at radius 2 is 2.09 bits per heavy atom. The van der Waals surface area contributed by atoms with Crippen molar-refractivity contribution in [2.24, 2.45) is 11.8 Å². The van der Waals surface area contributed by atoms with Crippen LogP contribution in [0, 0.1) is 11.8 Å². The van der Waals surface area contributed by atoms with Crippen molar-refractivity contribution in [3.05, 3.63) is 0 Å². The minimum atomic E-state index is 0.406. The van der Waals surface area contributed by atoms with E-state index in [4.69, 9.17) is 5.11 Å². The standard InChI is InChI=1S/C9H17NO/c1-10(9-2-3-9)5-7-4-8(7)6-11/h7-9,11H,2-6H2,1H3. The number of aliphatic hydroxyl groups is 1. The lowest BCUT2D eigenvalue weighted by molar-refractivity contribution is 0.250. The molecule has 0 saturated heterocycles. The van der Waals surface area contributed by atoms with E-state index < -0.39 is 0 Å². The molecule has 2 aliphatic carbocycles. The molecular weight excluding hydrogens is 138 g/mol. The monoisotopic (exact) mass is 155 g/mol. The van der Waals surface area contributed by atoms with Gasteiger partial charge in [-0.25, -0.2) is 0 Å². The fourth-order valence-corrected chi connectivity index (χ4v) is 1.79. The summed E-state index contributed by atoms with van der Waals surface area (Å²) >= 11 is 0. The van der Waals surface area contributed by atoms with Crippen LogP contribution in [0.5, 0.6) is 0 Å². The summed E-state index contributed by atoms with van der Waals surface area (Å²) in [6.07, 6.45) is 4.05. The van der Waals surface area contributed by atoms with Gasteiger partial charge >= 0.3 is 0 Å². The maximum Gasteiger partial charge on any atom is 0.0462 e. The van der Waals surface area contributed by atoms with Crippen molar-refractivity contribution in [1.29, 1.82) is 0 Å². The van der Waals surface area contributed by atoms with Gasteiger partial charge in [0.25, 0.3) is 0 Å². The van der Waals surface area contributed by atoms with Gasteiger partial charge in [0.05, 0.1) is 0 Å². The first kappa shape index (κ1) is 7.56. The van der Waals surface area contributed by atoms with Gasteiger partial charge in [0.1, 0.15) is 0 Å². The molecule has 0 amide bonds. The molecule has 2 aliphatic rings. The third-order valence-corrected chi connectivity index (χ3v) is 3.00. The average molecular weight is 155 g/mol. The van der Waals surface area contributed by atoms with Crippen LogP contribution in [0.4, 0.5) is 0 Å². The maximum absolute atomic E-state index is 8.83. The Bertz CT molecular complexity index is 144. The molecule has 0 spiro atoms. The predicted octanol–water partition coefficient (Wildman–Crippen LogP) is 0.709. The van der Waals surface area contributed by atoms with E-state index in [9.17, 15) is 0 Å². The van der Waals surface area contributed by atoms with Gasteiger partial charge in [0.2, 0.25) is 0 Å². The summed E-state index contributed by atoms with van der Waals surface area (Å²) in [4.78, 5) is 2.46. The number of nitrogens with zero attached hydrogens (tertiary/aromatic N) is 1. The first-order valence-electron chi connectivity index (χ1n) is 4.62. The van der Waals surface area contributed by atoms with E-state index in [0.29, 0.717) is 12.5 Å². The van der Waals surface area contributed by atoms with Gasteiger partial charge in [0, 0.05) is 19.2 Å². The molecule has 2 atom stereocenters. The van der Waals surface area contributed by atoms with E-state index in [-0.39, 0.29) is 0 Å². The van der Waals surface area contributed by atoms with Gasteiger partial charge in [-0.1, -0.05) is 0 Å². The molecule has 2 rings (SSSR count). The summed E-state index contributed by atoms with van der Waals surface area (Å²) in [7, 11) is 2.21. The Hall–Kier alpha value is -0.0800. The molecule has 0 bridgehead atoms. The second-order valence-electron chi connectivity index (χ2n) is 4.11. The van der Waals surface area contributed by atoms with Crippen molar-refractivity contribution in [2.75, 3.05) is 20.2 Å². The van der Waals surface area contributed by atoms with E-state index in [1.54, 1.807) is 0 Å². The topological polar surface area (TPSA) is 23.5 Å². The molecule has 0 radical (unpaired) electrons. The molecule has 64 valence electrons. The number of hydrogen-bond acceptors (Lipinski definition) is 2. The Morgan fingerprint density at radius 3 is 2.55 bits per heavy atom. The third-order valence-electron chi connectivity index (χ3n) is 3.00. The highest BCUT2D eigenvalue weighted by molar-refractivity contribution is 4.91. The van der Waals surface area contributed by atoms with E-state index >= 15 is 0 Å². The van der Waals surface area contributed by atoms with Gasteiger partial charge in [0.15, 0.2) is 0 Å². The molecule has 2 heteroatoms. The van der Waals surface area contributed by atoms with Gasteiger partial charge in [-0.15, -0.1) is 0 Å². The zero-order valence-corrected chi connectivity index (χ0v) is 7.16. The Balaban J connectivity index is 1.66. The lowest BCUT2D eigenvalue weighted by atomic mass is 10.3. The molecule has 0 aliphatic heterocycles. The van der Waals surface area contributed by atoms with E-state index in [2.05, 4.69) is 11.9 Å². The molecule has 11 heavy (non-hydrogen) atoms. The van der Waals surface area contributed by atoms with Crippen molar-refractivity contribution < 1.29 is 5.11 Å². The minimum absolute atomic E-state index is 0.406. The first-order chi connectivity index (χ1) is 5.31. The van der Waals surface area contributed by atoms with Crippen molar-refractivity contribution in [2.45, 2.75) is 25.3 Å². The quantitative estimate of drug-likeness (QED) is 0.646. The average Bonchev–Trinajstić information content (AvgIpc) is 2.84. The number of aliphatic hydroxyl groups excluding tert-OH is 1. The first-order valence-corrected chi connectivity index (χ1v) is 4.62. The zero-order valence-electron chi connectivity index (χ0n) is 7.16. The van der Waals surface area contributed by atoms with Crippen molar-refractivity contribution in [3.8, 4) is 0 Å². The Morgan fingerprint density at radius 1 is 1.36 bits per heavy atom. The fourth-order valence-electron chi connectivity index (χ4n) is 1.79. The largest absolute Gasteiger partial charge is 0.396 e. The summed E-state index contributed by atoms with van der Waals surface area (Å²) in [6.45, 7) is 1.62. The lowest BCUT2D eigenvalue weighted by Crippen LogP contribution is -2.23. The molecular formula is C9H17NO. The molecule has 0 heterocycles. The molecule has 0 aromatic carbocycles. The maximum atomic E-state index is 8.83. The van der Waals surface area contributed by atoms with E-state index in [1.165, 1.54) is 25.8 Å². The SMILES string of the molecule is CN(CC1CC1CO)C1CC1. The highest BCUT2D eigenvalue weighted by atomic mass is 16.3. The van der Waals surface area contributed by atoms with E-state index in [1.807, 2.05) is 0 Å². The van der Waals surface area contributed by atoms with Crippen LogP contribution in [0.3, 0.4) is 0 Å². The van der Waals surface area contributed by atoms with Gasteiger partial charge in [-0.2, -0.15) is 0 Å². The summed E-state index contributed by atoms with van der Waals surface area (Å²) < 4.78 is 0. The van der Waals surface area contributed by atoms with Crippen LogP contribution in [0.15, 0.2) is 0 Å². The van der Waals surface area contributed by atoms with Crippen LogP contribution >= 0.6 is 0 Å². The molecule has 2 unspecified atom stereocenters. The second kappa shape index (κ2) is 2.76. The smallest absolute Gasteiger partial charge is 0.0462 e. The molecule has 2 nitrogen and oxygen atoms in total. The number of hydrogen-bond donors (Lipinski definition) is 1. The molecule has 2 fully saturated rings. The highest BCUT2D eigenvalue weighted by Gasteiger charge is 2.39. The van der Waals surface area contributed by atoms with Crippen molar-refractivity contribution in [1.82, 2.24) is 4.90 Å². The van der Waals surface area contributed by atoms with Gasteiger partial charge in [-0.05, 0) is 38.1 Å². The van der Waals surface area contributed by atoms with Crippen LogP contribution in [0.2, 0.25) is 0 Å². The third kappa shape index (κ3) is 1.74. The second-order valence-corrected chi connectivity index (χ2v) is 4.11. The Kier molecular flexibility index (Phi) is 1.90. The van der Waals surface area contributed by atoms with Gasteiger partial charge in [-0.3, -0.25) is 0 Å². The van der Waals surface area contributed by atoms with E-state index in [0.717, 1.165) is 12.0 Å². The minimum Gasteiger partial charge on any atom is -0.396 e. The molecule has 0 aromatic heterocycles. The summed E-state index contributed by atoms with van der Waals surface area (Å²) in [6, 6.07) is 0.884.